The summed E-state index contributed by atoms with van der Waals surface area (Å²) in [5, 5.41) is 9.85. The highest BCUT2D eigenvalue weighted by molar-refractivity contribution is 6.13. The molecule has 1 amide bonds. The number of rotatable bonds is 0. The lowest BCUT2D eigenvalue weighted by atomic mass is 9.69. The first-order valence-electron chi connectivity index (χ1n) is 8.34. The van der Waals surface area contributed by atoms with E-state index in [1.165, 1.54) is 18.7 Å². The number of aromatic nitrogens is 3. The Morgan fingerprint density at radius 3 is 2.56 bits per heavy atom. The number of benzene rings is 1. The quantitative estimate of drug-likeness (QED) is 0.607. The Morgan fingerprint density at radius 1 is 1.04 bits per heavy atom. The number of amides is 1. The van der Waals surface area contributed by atoms with Crippen LogP contribution in [-0.2, 0) is 24.3 Å². The van der Waals surface area contributed by atoms with Crippen molar-refractivity contribution < 1.29 is 9.32 Å². The molecule has 1 unspecified atom stereocenters. The van der Waals surface area contributed by atoms with Gasteiger partial charge in [-0.15, -0.1) is 0 Å². The third kappa shape index (κ3) is 1.59. The molecule has 2 aliphatic heterocycles. The lowest BCUT2D eigenvalue weighted by Crippen LogP contribution is -2.50. The Bertz CT molecular complexity index is 1280. The summed E-state index contributed by atoms with van der Waals surface area (Å²) in [4.78, 5) is 39.1. The molecule has 2 aliphatic rings. The highest BCUT2D eigenvalue weighted by Gasteiger charge is 2.58. The first-order valence-corrected chi connectivity index (χ1v) is 8.34. The lowest BCUT2D eigenvalue weighted by molar-refractivity contribution is -0.118. The van der Waals surface area contributed by atoms with Gasteiger partial charge >= 0.3 is 5.69 Å². The number of anilines is 3. The first-order chi connectivity index (χ1) is 12.9. The highest BCUT2D eigenvalue weighted by Crippen LogP contribution is 2.54. The van der Waals surface area contributed by atoms with Crippen LogP contribution in [0.2, 0.25) is 0 Å². The summed E-state index contributed by atoms with van der Waals surface area (Å²) in [6.07, 6.45) is 0. The fourth-order valence-electron chi connectivity index (χ4n) is 4.21. The number of fused-ring (bicyclic) bond motifs is 6. The Kier molecular flexibility index (Phi) is 2.75. The van der Waals surface area contributed by atoms with Crippen LogP contribution in [0.3, 0.4) is 0 Å². The van der Waals surface area contributed by atoms with E-state index >= 15 is 0 Å². The van der Waals surface area contributed by atoms with Crippen LogP contribution in [0, 0.1) is 6.92 Å². The summed E-state index contributed by atoms with van der Waals surface area (Å²) in [6, 6.07) is 7.18. The number of nitrogens with zero attached hydrogens (tertiary/aromatic N) is 3. The van der Waals surface area contributed by atoms with Gasteiger partial charge in [-0.05, 0) is 13.0 Å². The van der Waals surface area contributed by atoms with Crippen LogP contribution < -0.4 is 21.9 Å². The van der Waals surface area contributed by atoms with Crippen molar-refractivity contribution in [3.8, 4) is 0 Å². The Labute approximate surface area is 152 Å². The fourth-order valence-corrected chi connectivity index (χ4v) is 4.21. The van der Waals surface area contributed by atoms with Gasteiger partial charge in [0.25, 0.3) is 5.56 Å². The van der Waals surface area contributed by atoms with Crippen molar-refractivity contribution in [2.75, 3.05) is 10.6 Å². The standard InChI is InChI=1S/C18H15N5O4/c1-8-11-14(27-21-8)20-13-12(15(24)23(3)17(26)22(13)2)18(11)9-6-4-5-7-10(9)19-16(18)25/h4-7,20H,1-3H3,(H,19,25). The van der Waals surface area contributed by atoms with Crippen LogP contribution in [-0.4, -0.2) is 20.2 Å². The molecule has 0 saturated heterocycles. The number of para-hydroxylation sites is 1. The summed E-state index contributed by atoms with van der Waals surface area (Å²) >= 11 is 0. The van der Waals surface area contributed by atoms with Crippen molar-refractivity contribution in [3.05, 3.63) is 67.5 Å². The maximum atomic E-state index is 13.4. The largest absolute Gasteiger partial charge is 0.338 e. The average Bonchev–Trinajstić information content (AvgIpc) is 3.17. The first kappa shape index (κ1) is 15.6. The molecule has 0 bridgehead atoms. The molecule has 9 nitrogen and oxygen atoms in total. The van der Waals surface area contributed by atoms with Gasteiger partial charge in [0.2, 0.25) is 11.8 Å². The zero-order chi connectivity index (χ0) is 19.1. The number of aryl methyl sites for hydroxylation is 1. The van der Waals surface area contributed by atoms with Gasteiger partial charge in [0, 0.05) is 25.3 Å². The summed E-state index contributed by atoms with van der Waals surface area (Å²) in [6.45, 7) is 1.72. The van der Waals surface area contributed by atoms with Crippen molar-refractivity contribution in [2.24, 2.45) is 14.1 Å². The van der Waals surface area contributed by atoms with Crippen LogP contribution in [0.1, 0.15) is 22.4 Å². The van der Waals surface area contributed by atoms with Crippen LogP contribution in [0.25, 0.3) is 0 Å². The van der Waals surface area contributed by atoms with Gasteiger partial charge in [-0.2, -0.15) is 0 Å². The molecule has 2 N–H and O–H groups in total. The van der Waals surface area contributed by atoms with E-state index in [1.54, 1.807) is 31.2 Å². The molecule has 1 spiro atoms. The molecule has 3 aromatic rings. The number of carbonyl (C=O) groups is 1. The van der Waals surface area contributed by atoms with Crippen LogP contribution in [0.5, 0.6) is 0 Å². The van der Waals surface area contributed by atoms with Crippen molar-refractivity contribution in [1.82, 2.24) is 14.3 Å². The predicted octanol–water partition coefficient (Wildman–Crippen LogP) is 0.724. The molecule has 136 valence electrons. The lowest BCUT2D eigenvalue weighted by Gasteiger charge is -2.34. The Balaban J connectivity index is 2.06. The molecule has 4 heterocycles. The van der Waals surface area contributed by atoms with Gasteiger partial charge in [-0.25, -0.2) is 4.79 Å². The molecule has 27 heavy (non-hydrogen) atoms. The monoisotopic (exact) mass is 365 g/mol. The van der Waals surface area contributed by atoms with Gasteiger partial charge < -0.3 is 15.2 Å². The van der Waals surface area contributed by atoms with E-state index in [9.17, 15) is 14.4 Å². The number of carbonyl (C=O) groups excluding carboxylic acids is 1. The minimum absolute atomic E-state index is 0.174. The molecular weight excluding hydrogens is 350 g/mol. The normalized spacial score (nSPS) is 19.3. The van der Waals surface area contributed by atoms with Crippen LogP contribution >= 0.6 is 0 Å². The fraction of sp³-hybridized carbons (Fsp3) is 0.222. The van der Waals surface area contributed by atoms with E-state index in [1.807, 2.05) is 0 Å². The zero-order valence-electron chi connectivity index (χ0n) is 14.8. The van der Waals surface area contributed by atoms with Gasteiger partial charge in [-0.1, -0.05) is 23.4 Å². The smallest absolute Gasteiger partial charge is 0.332 e. The topological polar surface area (TPSA) is 111 Å². The summed E-state index contributed by atoms with van der Waals surface area (Å²) in [5.41, 5.74) is -0.116. The minimum Gasteiger partial charge on any atom is -0.338 e. The average molecular weight is 365 g/mol. The molecule has 2 aromatic heterocycles. The van der Waals surface area contributed by atoms with Gasteiger partial charge in [-0.3, -0.25) is 18.7 Å². The summed E-state index contributed by atoms with van der Waals surface area (Å²) < 4.78 is 7.70. The van der Waals surface area contributed by atoms with Crippen LogP contribution in [0.4, 0.5) is 17.4 Å². The maximum absolute atomic E-state index is 13.4. The van der Waals surface area contributed by atoms with Gasteiger partial charge in [0.05, 0.1) is 16.8 Å². The second kappa shape index (κ2) is 4.76. The van der Waals surface area contributed by atoms with E-state index in [-0.39, 0.29) is 23.2 Å². The Hall–Kier alpha value is -3.62. The van der Waals surface area contributed by atoms with Crippen LogP contribution in [0.15, 0.2) is 38.4 Å². The molecule has 5 rings (SSSR count). The SMILES string of the molecule is Cc1noc2c1C1(C(=O)Nc3ccccc31)c1c(n(C)c(=O)n(C)c1=O)N2. The van der Waals surface area contributed by atoms with Crippen molar-refractivity contribution in [1.29, 1.82) is 0 Å². The maximum Gasteiger partial charge on any atom is 0.332 e. The number of hydrogen-bond acceptors (Lipinski definition) is 6. The predicted molar refractivity (Wildman–Crippen MR) is 96.4 cm³/mol. The molecule has 0 aliphatic carbocycles. The molecule has 9 heteroatoms. The zero-order valence-corrected chi connectivity index (χ0v) is 14.8. The second-order valence-corrected chi connectivity index (χ2v) is 6.78. The highest BCUT2D eigenvalue weighted by atomic mass is 16.5. The van der Waals surface area contributed by atoms with Gasteiger partial charge in [0.1, 0.15) is 11.2 Å². The van der Waals surface area contributed by atoms with E-state index in [0.29, 0.717) is 22.5 Å². The third-order valence-corrected chi connectivity index (χ3v) is 5.43. The summed E-state index contributed by atoms with van der Waals surface area (Å²) in [7, 11) is 2.93. The molecule has 1 atom stereocenters. The van der Waals surface area contributed by atoms with E-state index in [2.05, 4.69) is 15.8 Å². The van der Waals surface area contributed by atoms with Gasteiger partial charge in [0.15, 0.2) is 0 Å². The van der Waals surface area contributed by atoms with E-state index < -0.39 is 16.7 Å². The second-order valence-electron chi connectivity index (χ2n) is 6.78. The van der Waals surface area contributed by atoms with E-state index in [0.717, 1.165) is 4.57 Å². The number of nitrogens with one attached hydrogen (secondary N) is 2. The Morgan fingerprint density at radius 2 is 1.78 bits per heavy atom. The summed E-state index contributed by atoms with van der Waals surface area (Å²) in [5.74, 6) is 0.0865. The third-order valence-electron chi connectivity index (χ3n) is 5.43. The van der Waals surface area contributed by atoms with Crippen molar-refractivity contribution in [2.45, 2.75) is 12.3 Å². The van der Waals surface area contributed by atoms with Crippen molar-refractivity contribution >= 4 is 23.3 Å². The molecule has 0 saturated carbocycles. The molecular formula is C18H15N5O4. The number of hydrogen-bond donors (Lipinski definition) is 2. The van der Waals surface area contributed by atoms with E-state index in [4.69, 9.17) is 4.52 Å². The molecule has 1 aromatic carbocycles. The van der Waals surface area contributed by atoms with Crippen molar-refractivity contribution in [3.63, 3.8) is 0 Å². The minimum atomic E-state index is -1.45. The molecule has 0 fully saturated rings. The molecule has 0 radical (unpaired) electrons.